The number of ether oxygens (including phenoxy) is 1. The summed E-state index contributed by atoms with van der Waals surface area (Å²) >= 11 is 0. The average Bonchev–Trinajstić information content (AvgIpc) is 2.27. The van der Waals surface area contributed by atoms with Crippen molar-refractivity contribution in [2.24, 2.45) is 5.73 Å². The van der Waals surface area contributed by atoms with Crippen molar-refractivity contribution in [3.05, 3.63) is 24.3 Å². The molecule has 2 N–H and O–H groups in total. The maximum atomic E-state index is 11.8. The summed E-state index contributed by atoms with van der Waals surface area (Å²) < 4.78 is 5.45. The number of rotatable bonds is 1. The van der Waals surface area contributed by atoms with Crippen molar-refractivity contribution in [3.63, 3.8) is 0 Å². The van der Waals surface area contributed by atoms with E-state index in [2.05, 4.69) is 0 Å². The van der Waals surface area contributed by atoms with Crippen LogP contribution in [0, 0.1) is 0 Å². The fourth-order valence-corrected chi connectivity index (χ4v) is 1.64. The summed E-state index contributed by atoms with van der Waals surface area (Å²) in [6.07, 6.45) is 0. The van der Waals surface area contributed by atoms with Gasteiger partial charge >= 0.3 is 0 Å². The van der Waals surface area contributed by atoms with Crippen molar-refractivity contribution in [2.75, 3.05) is 18.1 Å². The first-order valence-corrected chi connectivity index (χ1v) is 4.99. The molecule has 0 aromatic heterocycles. The molecule has 0 saturated carbocycles. The largest absolute Gasteiger partial charge is 0.490 e. The second kappa shape index (κ2) is 5.18. The third-order valence-corrected chi connectivity index (χ3v) is 2.38. The molecule has 0 unspecified atom stereocenters. The molecule has 0 saturated heterocycles. The zero-order chi connectivity index (χ0) is 10.8. The smallest absolute Gasteiger partial charge is 0.243 e. The van der Waals surface area contributed by atoms with Gasteiger partial charge in [-0.3, -0.25) is 4.79 Å². The van der Waals surface area contributed by atoms with Gasteiger partial charge < -0.3 is 15.4 Å². The van der Waals surface area contributed by atoms with E-state index in [9.17, 15) is 4.79 Å². The summed E-state index contributed by atoms with van der Waals surface area (Å²) in [7, 11) is 0. The minimum atomic E-state index is -0.476. The molecule has 0 fully saturated rings. The Hall–Kier alpha value is -1.26. The normalized spacial score (nSPS) is 15.5. The SMILES string of the molecule is C[C@H](N)C(=O)N1CCOc2ccccc21.Cl. The van der Waals surface area contributed by atoms with Crippen LogP contribution >= 0.6 is 12.4 Å². The Balaban J connectivity index is 0.00000128. The Labute approximate surface area is 101 Å². The van der Waals surface area contributed by atoms with E-state index in [0.717, 1.165) is 11.4 Å². The molecule has 16 heavy (non-hydrogen) atoms. The van der Waals surface area contributed by atoms with E-state index >= 15 is 0 Å². The monoisotopic (exact) mass is 242 g/mol. The number of benzene rings is 1. The number of para-hydroxylation sites is 2. The second-order valence-corrected chi connectivity index (χ2v) is 3.59. The number of amides is 1. The lowest BCUT2D eigenvalue weighted by Crippen LogP contribution is -2.45. The standard InChI is InChI=1S/C11H14N2O2.ClH/c1-8(12)11(14)13-6-7-15-10-5-3-2-4-9(10)13;/h2-5,8H,6-7,12H2,1H3;1H/t8-;/m0./s1. The van der Waals surface area contributed by atoms with E-state index in [0.29, 0.717) is 13.2 Å². The Bertz CT molecular complexity index is 382. The molecule has 1 aliphatic heterocycles. The number of nitrogens with two attached hydrogens (primary N) is 1. The van der Waals surface area contributed by atoms with Crippen LogP contribution in [0.5, 0.6) is 5.75 Å². The highest BCUT2D eigenvalue weighted by Crippen LogP contribution is 2.30. The first kappa shape index (κ1) is 12.8. The third kappa shape index (κ3) is 2.28. The summed E-state index contributed by atoms with van der Waals surface area (Å²) in [4.78, 5) is 13.5. The average molecular weight is 243 g/mol. The quantitative estimate of drug-likeness (QED) is 0.805. The molecule has 2 rings (SSSR count). The van der Waals surface area contributed by atoms with Gasteiger partial charge in [-0.15, -0.1) is 12.4 Å². The van der Waals surface area contributed by atoms with Gasteiger partial charge in [0.1, 0.15) is 12.4 Å². The fourth-order valence-electron chi connectivity index (χ4n) is 1.64. The van der Waals surface area contributed by atoms with Crippen molar-refractivity contribution in [1.29, 1.82) is 0 Å². The molecule has 1 heterocycles. The van der Waals surface area contributed by atoms with E-state index < -0.39 is 6.04 Å². The summed E-state index contributed by atoms with van der Waals surface area (Å²) in [5.41, 5.74) is 6.40. The summed E-state index contributed by atoms with van der Waals surface area (Å²) in [6.45, 7) is 2.78. The van der Waals surface area contributed by atoms with Crippen LogP contribution in [0.25, 0.3) is 0 Å². The number of halogens is 1. The van der Waals surface area contributed by atoms with Gasteiger partial charge in [0, 0.05) is 0 Å². The number of carbonyl (C=O) groups excluding carboxylic acids is 1. The lowest BCUT2D eigenvalue weighted by atomic mass is 10.2. The Morgan fingerprint density at radius 1 is 1.50 bits per heavy atom. The first-order valence-electron chi connectivity index (χ1n) is 4.99. The topological polar surface area (TPSA) is 55.6 Å². The molecule has 88 valence electrons. The number of hydrogen-bond acceptors (Lipinski definition) is 3. The number of fused-ring (bicyclic) bond motifs is 1. The van der Waals surface area contributed by atoms with Crippen molar-refractivity contribution < 1.29 is 9.53 Å². The molecule has 0 bridgehead atoms. The van der Waals surface area contributed by atoms with Crippen LogP contribution in [0.15, 0.2) is 24.3 Å². The molecule has 4 nitrogen and oxygen atoms in total. The van der Waals surface area contributed by atoms with Gasteiger partial charge in [0.15, 0.2) is 0 Å². The van der Waals surface area contributed by atoms with E-state index in [1.54, 1.807) is 11.8 Å². The van der Waals surface area contributed by atoms with Crippen molar-refractivity contribution in [3.8, 4) is 5.75 Å². The van der Waals surface area contributed by atoms with Gasteiger partial charge in [0.25, 0.3) is 0 Å². The number of carbonyl (C=O) groups is 1. The molecule has 1 aromatic carbocycles. The third-order valence-electron chi connectivity index (χ3n) is 2.38. The molecule has 1 atom stereocenters. The lowest BCUT2D eigenvalue weighted by molar-refractivity contribution is -0.119. The van der Waals surface area contributed by atoms with Crippen molar-refractivity contribution >= 4 is 24.0 Å². The highest BCUT2D eigenvalue weighted by molar-refractivity contribution is 5.98. The van der Waals surface area contributed by atoms with Crippen LogP contribution in [0.3, 0.4) is 0 Å². The molecular formula is C11H15ClN2O2. The minimum absolute atomic E-state index is 0. The predicted octanol–water partition coefficient (Wildman–Crippen LogP) is 1.18. The molecule has 0 radical (unpaired) electrons. The second-order valence-electron chi connectivity index (χ2n) is 3.59. The summed E-state index contributed by atoms with van der Waals surface area (Å²) in [6, 6.07) is 7.02. The molecule has 5 heteroatoms. The van der Waals surface area contributed by atoms with Crippen LogP contribution in [-0.2, 0) is 4.79 Å². The number of nitrogens with zero attached hydrogens (tertiary/aromatic N) is 1. The molecule has 1 amide bonds. The van der Waals surface area contributed by atoms with Gasteiger partial charge in [0.2, 0.25) is 5.91 Å². The van der Waals surface area contributed by atoms with E-state index in [-0.39, 0.29) is 18.3 Å². The van der Waals surface area contributed by atoms with Crippen LogP contribution in [0.2, 0.25) is 0 Å². The zero-order valence-corrected chi connectivity index (χ0v) is 9.87. The molecule has 0 spiro atoms. The lowest BCUT2D eigenvalue weighted by Gasteiger charge is -2.30. The van der Waals surface area contributed by atoms with Gasteiger partial charge in [-0.1, -0.05) is 12.1 Å². The Kier molecular flexibility index (Phi) is 4.15. The van der Waals surface area contributed by atoms with Crippen molar-refractivity contribution in [1.82, 2.24) is 0 Å². The maximum absolute atomic E-state index is 11.8. The highest BCUT2D eigenvalue weighted by Gasteiger charge is 2.24. The molecule has 1 aromatic rings. The molecule has 1 aliphatic rings. The number of anilines is 1. The maximum Gasteiger partial charge on any atom is 0.243 e. The summed E-state index contributed by atoms with van der Waals surface area (Å²) in [5.74, 6) is 0.684. The van der Waals surface area contributed by atoms with E-state index in [4.69, 9.17) is 10.5 Å². The van der Waals surface area contributed by atoms with Crippen LogP contribution in [0.4, 0.5) is 5.69 Å². The van der Waals surface area contributed by atoms with Gasteiger partial charge in [-0.25, -0.2) is 0 Å². The minimum Gasteiger partial charge on any atom is -0.490 e. The van der Waals surface area contributed by atoms with Gasteiger partial charge in [-0.05, 0) is 19.1 Å². The Morgan fingerprint density at radius 3 is 2.88 bits per heavy atom. The van der Waals surface area contributed by atoms with Crippen LogP contribution < -0.4 is 15.4 Å². The number of hydrogen-bond donors (Lipinski definition) is 1. The molecule has 0 aliphatic carbocycles. The van der Waals surface area contributed by atoms with E-state index in [1.807, 2.05) is 24.3 Å². The first-order chi connectivity index (χ1) is 7.20. The van der Waals surface area contributed by atoms with Crippen LogP contribution in [-0.4, -0.2) is 25.1 Å². The fraction of sp³-hybridized carbons (Fsp3) is 0.364. The van der Waals surface area contributed by atoms with Gasteiger partial charge in [-0.2, -0.15) is 0 Å². The van der Waals surface area contributed by atoms with Gasteiger partial charge in [0.05, 0.1) is 18.3 Å². The van der Waals surface area contributed by atoms with E-state index in [1.165, 1.54) is 0 Å². The Morgan fingerprint density at radius 2 is 2.19 bits per heavy atom. The van der Waals surface area contributed by atoms with Crippen LogP contribution in [0.1, 0.15) is 6.92 Å². The molecular weight excluding hydrogens is 228 g/mol. The summed E-state index contributed by atoms with van der Waals surface area (Å²) in [5, 5.41) is 0. The van der Waals surface area contributed by atoms with Crippen molar-refractivity contribution in [2.45, 2.75) is 13.0 Å². The zero-order valence-electron chi connectivity index (χ0n) is 9.05. The predicted molar refractivity (Wildman–Crippen MR) is 65.2 cm³/mol. The highest BCUT2D eigenvalue weighted by atomic mass is 35.5.